The van der Waals surface area contributed by atoms with Crippen LogP contribution in [-0.2, 0) is 16.1 Å². The van der Waals surface area contributed by atoms with Crippen molar-refractivity contribution >= 4 is 22.7 Å². The fourth-order valence-electron chi connectivity index (χ4n) is 4.21. The number of benzene rings is 1. The molecule has 4 rings (SSSR count). The lowest BCUT2D eigenvalue weighted by Crippen LogP contribution is -2.52. The fourth-order valence-corrected chi connectivity index (χ4v) is 4.21. The Bertz CT molecular complexity index is 830. The summed E-state index contributed by atoms with van der Waals surface area (Å²) in [5.74, 6) is 0.395. The highest BCUT2D eigenvalue weighted by atomic mass is 16.2. The van der Waals surface area contributed by atoms with Gasteiger partial charge in [-0.05, 0) is 37.3 Å². The Morgan fingerprint density at radius 3 is 2.22 bits per heavy atom. The largest absolute Gasteiger partial charge is 0.342 e. The van der Waals surface area contributed by atoms with Gasteiger partial charge >= 0.3 is 0 Å². The van der Waals surface area contributed by atoms with E-state index in [1.165, 1.54) is 5.39 Å². The third kappa shape index (κ3) is 3.86. The van der Waals surface area contributed by atoms with E-state index in [0.29, 0.717) is 26.2 Å². The molecule has 0 spiro atoms. The van der Waals surface area contributed by atoms with E-state index in [-0.39, 0.29) is 11.8 Å². The second-order valence-corrected chi connectivity index (χ2v) is 7.68. The van der Waals surface area contributed by atoms with Crippen LogP contribution >= 0.6 is 0 Å². The Morgan fingerprint density at radius 2 is 1.48 bits per heavy atom. The lowest BCUT2D eigenvalue weighted by atomic mass is 10.2. The van der Waals surface area contributed by atoms with Crippen molar-refractivity contribution in [2.75, 3.05) is 45.8 Å². The molecule has 2 aliphatic heterocycles. The Morgan fingerprint density at radius 1 is 0.852 bits per heavy atom. The van der Waals surface area contributed by atoms with E-state index in [4.69, 9.17) is 0 Å². The number of carbonyl (C=O) groups excluding carboxylic acids is 2. The zero-order chi connectivity index (χ0) is 18.8. The van der Waals surface area contributed by atoms with Gasteiger partial charge in [0.25, 0.3) is 0 Å². The topological polar surface area (TPSA) is 48.8 Å². The number of rotatable bonds is 4. The van der Waals surface area contributed by atoms with Gasteiger partial charge in [0.15, 0.2) is 0 Å². The standard InChI is InChI=1S/C21H28N4O2/c1-17-14-18-6-2-3-7-19(18)25(17)16-21(27)24-12-10-22(11-13-24)15-20(26)23-8-4-5-9-23/h2-3,6-7,14H,4-5,8-13,15-16H2,1H3. The summed E-state index contributed by atoms with van der Waals surface area (Å²) in [5.41, 5.74) is 2.22. The third-order valence-electron chi connectivity index (χ3n) is 5.85. The number of para-hydroxylation sites is 1. The number of aromatic nitrogens is 1. The minimum absolute atomic E-state index is 0.157. The van der Waals surface area contributed by atoms with Crippen LogP contribution in [0.15, 0.2) is 30.3 Å². The molecule has 2 aromatic rings. The SMILES string of the molecule is Cc1cc2ccccc2n1CC(=O)N1CCN(CC(=O)N2CCCC2)CC1. The van der Waals surface area contributed by atoms with Gasteiger partial charge in [-0.1, -0.05) is 18.2 Å². The molecule has 0 saturated carbocycles. The zero-order valence-electron chi connectivity index (χ0n) is 16.1. The molecule has 2 fully saturated rings. The van der Waals surface area contributed by atoms with Crippen LogP contribution in [0.25, 0.3) is 10.9 Å². The number of carbonyl (C=O) groups is 2. The highest BCUT2D eigenvalue weighted by molar-refractivity contribution is 5.84. The highest BCUT2D eigenvalue weighted by Gasteiger charge is 2.25. The number of amides is 2. The summed E-state index contributed by atoms with van der Waals surface area (Å²) >= 11 is 0. The molecule has 0 N–H and O–H groups in total. The van der Waals surface area contributed by atoms with Gasteiger partial charge < -0.3 is 14.4 Å². The molecule has 1 aromatic carbocycles. The number of hydrogen-bond donors (Lipinski definition) is 0. The number of likely N-dealkylation sites (tertiary alicyclic amines) is 1. The molecule has 0 bridgehead atoms. The molecular weight excluding hydrogens is 340 g/mol. The molecule has 6 heteroatoms. The third-order valence-corrected chi connectivity index (χ3v) is 5.85. The van der Waals surface area contributed by atoms with Crippen molar-refractivity contribution < 1.29 is 9.59 Å². The van der Waals surface area contributed by atoms with E-state index < -0.39 is 0 Å². The molecule has 2 aliphatic rings. The van der Waals surface area contributed by atoms with Gasteiger partial charge in [0.05, 0.1) is 6.54 Å². The summed E-state index contributed by atoms with van der Waals surface area (Å²) in [4.78, 5) is 31.2. The van der Waals surface area contributed by atoms with E-state index in [0.717, 1.165) is 50.2 Å². The van der Waals surface area contributed by atoms with Crippen LogP contribution in [0, 0.1) is 6.92 Å². The van der Waals surface area contributed by atoms with Crippen molar-refractivity contribution in [2.24, 2.45) is 0 Å². The highest BCUT2D eigenvalue weighted by Crippen LogP contribution is 2.19. The predicted molar refractivity (Wildman–Crippen MR) is 106 cm³/mol. The number of fused-ring (bicyclic) bond motifs is 1. The molecule has 0 atom stereocenters. The molecule has 6 nitrogen and oxygen atoms in total. The van der Waals surface area contributed by atoms with Crippen molar-refractivity contribution in [3.8, 4) is 0 Å². The summed E-state index contributed by atoms with van der Waals surface area (Å²) < 4.78 is 2.10. The van der Waals surface area contributed by atoms with E-state index in [2.05, 4.69) is 34.6 Å². The van der Waals surface area contributed by atoms with Gasteiger partial charge in [-0.3, -0.25) is 14.5 Å². The quantitative estimate of drug-likeness (QED) is 0.826. The Hall–Kier alpha value is -2.34. The predicted octanol–water partition coefficient (Wildman–Crippen LogP) is 1.72. The molecule has 1 aromatic heterocycles. The van der Waals surface area contributed by atoms with Gasteiger partial charge in [0.2, 0.25) is 11.8 Å². The summed E-state index contributed by atoms with van der Waals surface area (Å²) in [6, 6.07) is 10.3. The van der Waals surface area contributed by atoms with Crippen molar-refractivity contribution in [2.45, 2.75) is 26.3 Å². The Labute approximate surface area is 160 Å². The molecule has 27 heavy (non-hydrogen) atoms. The van der Waals surface area contributed by atoms with Crippen molar-refractivity contribution in [1.82, 2.24) is 19.3 Å². The number of nitrogens with zero attached hydrogens (tertiary/aromatic N) is 4. The molecule has 0 unspecified atom stereocenters. The first kappa shape index (κ1) is 18.0. The molecular formula is C21H28N4O2. The van der Waals surface area contributed by atoms with E-state index in [1.54, 1.807) is 0 Å². The Kier molecular flexibility index (Phi) is 5.16. The number of hydrogen-bond acceptors (Lipinski definition) is 3. The molecule has 144 valence electrons. The maximum atomic E-state index is 12.8. The minimum Gasteiger partial charge on any atom is -0.342 e. The van der Waals surface area contributed by atoms with Gasteiger partial charge in [0, 0.05) is 50.5 Å². The average Bonchev–Trinajstić information content (AvgIpc) is 3.31. The van der Waals surface area contributed by atoms with Crippen LogP contribution in [-0.4, -0.2) is 76.9 Å². The van der Waals surface area contributed by atoms with Crippen LogP contribution in [0.4, 0.5) is 0 Å². The van der Waals surface area contributed by atoms with Crippen molar-refractivity contribution in [3.05, 3.63) is 36.0 Å². The first-order valence-electron chi connectivity index (χ1n) is 9.94. The van der Waals surface area contributed by atoms with Crippen LogP contribution in [0.2, 0.25) is 0 Å². The Balaban J connectivity index is 1.32. The molecule has 0 radical (unpaired) electrons. The van der Waals surface area contributed by atoms with Crippen LogP contribution in [0.3, 0.4) is 0 Å². The normalized spacial score (nSPS) is 18.4. The monoisotopic (exact) mass is 368 g/mol. The second-order valence-electron chi connectivity index (χ2n) is 7.68. The fraction of sp³-hybridized carbons (Fsp3) is 0.524. The lowest BCUT2D eigenvalue weighted by molar-refractivity contribution is -0.135. The molecule has 3 heterocycles. The van der Waals surface area contributed by atoms with Crippen molar-refractivity contribution in [1.29, 1.82) is 0 Å². The van der Waals surface area contributed by atoms with Gasteiger partial charge in [0.1, 0.15) is 6.54 Å². The second kappa shape index (κ2) is 7.72. The molecule has 2 amide bonds. The smallest absolute Gasteiger partial charge is 0.242 e. The molecule has 0 aliphatic carbocycles. The summed E-state index contributed by atoms with van der Waals surface area (Å²) in [6.45, 7) is 7.68. The average molecular weight is 368 g/mol. The van der Waals surface area contributed by atoms with Crippen LogP contribution < -0.4 is 0 Å². The van der Waals surface area contributed by atoms with E-state index in [9.17, 15) is 9.59 Å². The zero-order valence-corrected chi connectivity index (χ0v) is 16.1. The van der Waals surface area contributed by atoms with E-state index >= 15 is 0 Å². The van der Waals surface area contributed by atoms with Crippen LogP contribution in [0.5, 0.6) is 0 Å². The summed E-state index contributed by atoms with van der Waals surface area (Å²) in [6.07, 6.45) is 2.25. The van der Waals surface area contributed by atoms with E-state index in [1.807, 2.05) is 21.9 Å². The maximum Gasteiger partial charge on any atom is 0.242 e. The van der Waals surface area contributed by atoms with Gasteiger partial charge in [-0.15, -0.1) is 0 Å². The van der Waals surface area contributed by atoms with Crippen molar-refractivity contribution in [3.63, 3.8) is 0 Å². The van der Waals surface area contributed by atoms with Gasteiger partial charge in [-0.2, -0.15) is 0 Å². The number of aryl methyl sites for hydroxylation is 1. The maximum absolute atomic E-state index is 12.8. The lowest BCUT2D eigenvalue weighted by Gasteiger charge is -2.35. The van der Waals surface area contributed by atoms with Gasteiger partial charge in [-0.25, -0.2) is 0 Å². The molecule has 2 saturated heterocycles. The summed E-state index contributed by atoms with van der Waals surface area (Å²) in [5, 5.41) is 1.17. The number of piperazine rings is 1. The summed E-state index contributed by atoms with van der Waals surface area (Å²) in [7, 11) is 0. The first-order valence-corrected chi connectivity index (χ1v) is 9.94. The minimum atomic E-state index is 0.157. The van der Waals surface area contributed by atoms with Crippen LogP contribution in [0.1, 0.15) is 18.5 Å². The first-order chi connectivity index (χ1) is 13.1.